The summed E-state index contributed by atoms with van der Waals surface area (Å²) in [6.45, 7) is 5.16. The van der Waals surface area contributed by atoms with Crippen LogP contribution in [0.5, 0.6) is 0 Å². The Morgan fingerprint density at radius 2 is 2.38 bits per heavy atom. The zero-order valence-corrected chi connectivity index (χ0v) is 9.97. The van der Waals surface area contributed by atoms with Gasteiger partial charge in [-0.2, -0.15) is 0 Å². The van der Waals surface area contributed by atoms with Crippen molar-refractivity contribution < 1.29 is 5.11 Å². The molecule has 4 heteroatoms. The zero-order valence-electron chi connectivity index (χ0n) is 9.97. The highest BCUT2D eigenvalue weighted by Gasteiger charge is 2.28. The smallest absolute Gasteiger partial charge is 0.0948 e. The van der Waals surface area contributed by atoms with Crippen LogP contribution in [0, 0.1) is 0 Å². The lowest BCUT2D eigenvalue weighted by Gasteiger charge is -2.21. The lowest BCUT2D eigenvalue weighted by atomic mass is 10.3. The van der Waals surface area contributed by atoms with E-state index in [1.54, 1.807) is 0 Å². The maximum Gasteiger partial charge on any atom is 0.0948 e. The van der Waals surface area contributed by atoms with Crippen LogP contribution in [-0.4, -0.2) is 38.8 Å². The van der Waals surface area contributed by atoms with Crippen LogP contribution in [-0.2, 0) is 13.1 Å². The van der Waals surface area contributed by atoms with E-state index in [-0.39, 0.29) is 6.61 Å². The van der Waals surface area contributed by atoms with Crippen molar-refractivity contribution in [1.29, 1.82) is 0 Å². The second-order valence-corrected chi connectivity index (χ2v) is 4.50. The van der Waals surface area contributed by atoms with E-state index in [1.165, 1.54) is 18.5 Å². The molecule has 1 saturated carbocycles. The molecule has 90 valence electrons. The van der Waals surface area contributed by atoms with Gasteiger partial charge in [-0.15, -0.1) is 0 Å². The van der Waals surface area contributed by atoms with Crippen molar-refractivity contribution in [2.45, 2.75) is 45.3 Å². The molecule has 2 rings (SSSR count). The first kappa shape index (κ1) is 11.6. The third-order valence-electron chi connectivity index (χ3n) is 3.08. The Morgan fingerprint density at radius 3 is 3.00 bits per heavy atom. The average Bonchev–Trinajstić information content (AvgIpc) is 3.03. The fourth-order valence-corrected chi connectivity index (χ4v) is 2.09. The SMILES string of the molecule is CCCn1cncc1CN(CCO)C1CC1. The minimum absolute atomic E-state index is 0.248. The Labute approximate surface area is 96.9 Å². The van der Waals surface area contributed by atoms with Gasteiger partial charge < -0.3 is 9.67 Å². The Kier molecular flexibility index (Phi) is 3.96. The minimum atomic E-state index is 0.248. The number of aliphatic hydroxyl groups excluding tert-OH is 1. The van der Waals surface area contributed by atoms with E-state index in [1.807, 2.05) is 12.5 Å². The van der Waals surface area contributed by atoms with Crippen LogP contribution >= 0.6 is 0 Å². The highest BCUT2D eigenvalue weighted by atomic mass is 16.3. The number of aliphatic hydroxyl groups is 1. The monoisotopic (exact) mass is 223 g/mol. The van der Waals surface area contributed by atoms with E-state index >= 15 is 0 Å². The van der Waals surface area contributed by atoms with E-state index in [4.69, 9.17) is 5.11 Å². The minimum Gasteiger partial charge on any atom is -0.395 e. The van der Waals surface area contributed by atoms with Crippen LogP contribution in [0.15, 0.2) is 12.5 Å². The molecule has 1 aromatic rings. The molecule has 1 fully saturated rings. The lowest BCUT2D eigenvalue weighted by Crippen LogP contribution is -2.29. The molecule has 1 heterocycles. The molecule has 1 aliphatic carbocycles. The molecule has 0 saturated heterocycles. The first-order chi connectivity index (χ1) is 7.85. The number of imidazole rings is 1. The van der Waals surface area contributed by atoms with Crippen LogP contribution in [0.2, 0.25) is 0 Å². The van der Waals surface area contributed by atoms with Crippen LogP contribution in [0.1, 0.15) is 31.9 Å². The molecule has 0 radical (unpaired) electrons. The van der Waals surface area contributed by atoms with Crippen molar-refractivity contribution in [2.75, 3.05) is 13.2 Å². The highest BCUT2D eigenvalue weighted by Crippen LogP contribution is 2.27. The van der Waals surface area contributed by atoms with Crippen molar-refractivity contribution >= 4 is 0 Å². The van der Waals surface area contributed by atoms with Gasteiger partial charge in [0.15, 0.2) is 0 Å². The summed E-state index contributed by atoms with van der Waals surface area (Å²) in [5, 5.41) is 9.05. The number of hydrogen-bond acceptors (Lipinski definition) is 3. The van der Waals surface area contributed by atoms with Crippen LogP contribution in [0.25, 0.3) is 0 Å². The number of rotatable bonds is 7. The maximum absolute atomic E-state index is 9.05. The topological polar surface area (TPSA) is 41.3 Å². The summed E-state index contributed by atoms with van der Waals surface area (Å²) in [4.78, 5) is 6.57. The van der Waals surface area contributed by atoms with E-state index in [0.29, 0.717) is 6.04 Å². The van der Waals surface area contributed by atoms with Crippen LogP contribution < -0.4 is 0 Å². The lowest BCUT2D eigenvalue weighted by molar-refractivity contribution is 0.180. The Balaban J connectivity index is 1.97. The fraction of sp³-hybridized carbons (Fsp3) is 0.750. The maximum atomic E-state index is 9.05. The molecule has 0 bridgehead atoms. The van der Waals surface area contributed by atoms with Crippen LogP contribution in [0.4, 0.5) is 0 Å². The van der Waals surface area contributed by atoms with Gasteiger partial charge in [-0.1, -0.05) is 6.92 Å². The summed E-state index contributed by atoms with van der Waals surface area (Å²) in [5.41, 5.74) is 1.27. The third kappa shape index (κ3) is 2.83. The van der Waals surface area contributed by atoms with Gasteiger partial charge in [-0.05, 0) is 19.3 Å². The molecule has 1 aromatic heterocycles. The molecule has 1 aliphatic rings. The second kappa shape index (κ2) is 5.46. The molecule has 0 atom stereocenters. The quantitative estimate of drug-likeness (QED) is 0.756. The highest BCUT2D eigenvalue weighted by molar-refractivity contribution is 5.00. The van der Waals surface area contributed by atoms with E-state index in [2.05, 4.69) is 21.4 Å². The van der Waals surface area contributed by atoms with Crippen molar-refractivity contribution in [3.05, 3.63) is 18.2 Å². The zero-order chi connectivity index (χ0) is 11.4. The standard InChI is InChI=1S/C12H21N3O/c1-2-5-15-10-13-8-12(15)9-14(6-7-16)11-3-4-11/h8,10-11,16H,2-7,9H2,1H3. The van der Waals surface area contributed by atoms with E-state index < -0.39 is 0 Å². The summed E-state index contributed by atoms with van der Waals surface area (Å²) >= 11 is 0. The number of hydrogen-bond donors (Lipinski definition) is 1. The molecule has 1 N–H and O–H groups in total. The third-order valence-corrected chi connectivity index (χ3v) is 3.08. The van der Waals surface area contributed by atoms with Crippen LogP contribution in [0.3, 0.4) is 0 Å². The first-order valence-electron chi connectivity index (χ1n) is 6.19. The summed E-state index contributed by atoms with van der Waals surface area (Å²) < 4.78 is 2.22. The van der Waals surface area contributed by atoms with Crippen molar-refractivity contribution in [3.8, 4) is 0 Å². The van der Waals surface area contributed by atoms with Gasteiger partial charge in [-0.25, -0.2) is 4.98 Å². The normalized spacial score (nSPS) is 15.9. The molecule has 0 spiro atoms. The van der Waals surface area contributed by atoms with Gasteiger partial charge in [0.25, 0.3) is 0 Å². The molecule has 0 aromatic carbocycles. The second-order valence-electron chi connectivity index (χ2n) is 4.50. The van der Waals surface area contributed by atoms with Gasteiger partial charge in [0.05, 0.1) is 18.6 Å². The summed E-state index contributed by atoms with van der Waals surface area (Å²) in [5.74, 6) is 0. The molecule has 0 aliphatic heterocycles. The number of aryl methyl sites for hydroxylation is 1. The Morgan fingerprint density at radius 1 is 1.56 bits per heavy atom. The predicted octanol–water partition coefficient (Wildman–Crippen LogP) is 1.25. The molecule has 0 unspecified atom stereocenters. The Hall–Kier alpha value is -0.870. The molecule has 0 amide bonds. The van der Waals surface area contributed by atoms with Crippen molar-refractivity contribution in [2.24, 2.45) is 0 Å². The number of nitrogens with zero attached hydrogens (tertiary/aromatic N) is 3. The van der Waals surface area contributed by atoms with E-state index in [0.717, 1.165) is 26.1 Å². The summed E-state index contributed by atoms with van der Waals surface area (Å²) in [6.07, 6.45) is 7.54. The first-order valence-corrected chi connectivity index (χ1v) is 6.19. The fourth-order valence-electron chi connectivity index (χ4n) is 2.09. The largest absolute Gasteiger partial charge is 0.395 e. The molecular formula is C12H21N3O. The predicted molar refractivity (Wildman–Crippen MR) is 63.0 cm³/mol. The number of aromatic nitrogens is 2. The van der Waals surface area contributed by atoms with Crippen molar-refractivity contribution in [3.63, 3.8) is 0 Å². The average molecular weight is 223 g/mol. The van der Waals surface area contributed by atoms with Gasteiger partial charge in [-0.3, -0.25) is 4.90 Å². The van der Waals surface area contributed by atoms with Gasteiger partial charge in [0.2, 0.25) is 0 Å². The Bertz CT molecular complexity index is 320. The molecular weight excluding hydrogens is 202 g/mol. The van der Waals surface area contributed by atoms with Gasteiger partial charge >= 0.3 is 0 Å². The van der Waals surface area contributed by atoms with Gasteiger partial charge in [0.1, 0.15) is 0 Å². The summed E-state index contributed by atoms with van der Waals surface area (Å²) in [6, 6.07) is 0.692. The molecule has 4 nitrogen and oxygen atoms in total. The molecule has 16 heavy (non-hydrogen) atoms. The van der Waals surface area contributed by atoms with Crippen molar-refractivity contribution in [1.82, 2.24) is 14.5 Å². The van der Waals surface area contributed by atoms with Gasteiger partial charge in [0, 0.05) is 31.9 Å². The summed E-state index contributed by atoms with van der Waals surface area (Å²) in [7, 11) is 0. The van der Waals surface area contributed by atoms with E-state index in [9.17, 15) is 0 Å².